The molecule has 0 aromatic heterocycles. The van der Waals surface area contributed by atoms with Crippen LogP contribution in [0.3, 0.4) is 0 Å². The molecule has 4 nitrogen and oxygen atoms in total. The highest BCUT2D eigenvalue weighted by Gasteiger charge is 2.29. The minimum absolute atomic E-state index is 0.252. The Balaban J connectivity index is 1.83. The van der Waals surface area contributed by atoms with Crippen molar-refractivity contribution < 1.29 is 4.79 Å². The average Bonchev–Trinajstić information content (AvgIpc) is 2.38. The molecule has 0 saturated carbocycles. The smallest absolute Gasteiger partial charge is 0.227 e. The van der Waals surface area contributed by atoms with Crippen molar-refractivity contribution in [2.75, 3.05) is 52.9 Å². The Morgan fingerprint density at radius 2 is 1.88 bits per heavy atom. The Morgan fingerprint density at radius 1 is 1.18 bits per heavy atom. The molecule has 2 saturated heterocycles. The minimum atomic E-state index is 0.252. The fourth-order valence-corrected chi connectivity index (χ4v) is 2.91. The van der Waals surface area contributed by atoms with Gasteiger partial charge in [-0.25, -0.2) is 0 Å². The third-order valence-electron chi connectivity index (χ3n) is 4.10. The fraction of sp³-hybridized carbons (Fsp3) is 0.923. The van der Waals surface area contributed by atoms with Gasteiger partial charge in [-0.2, -0.15) is 0 Å². The molecule has 0 radical (unpaired) electrons. The summed E-state index contributed by atoms with van der Waals surface area (Å²) in [5, 5.41) is 0. The third kappa shape index (κ3) is 3.19. The molecule has 0 bridgehead atoms. The molecule has 2 aliphatic heterocycles. The Hall–Kier alpha value is -0.610. The zero-order chi connectivity index (χ0) is 12.3. The van der Waals surface area contributed by atoms with Gasteiger partial charge in [-0.15, -0.1) is 0 Å². The van der Waals surface area contributed by atoms with Crippen LogP contribution >= 0.6 is 0 Å². The minimum Gasteiger partial charge on any atom is -0.340 e. The Kier molecular flexibility index (Phi) is 4.40. The van der Waals surface area contributed by atoms with Gasteiger partial charge in [-0.3, -0.25) is 4.79 Å². The number of nitrogens with zero attached hydrogens (tertiary/aromatic N) is 3. The van der Waals surface area contributed by atoms with Crippen molar-refractivity contribution in [3.05, 3.63) is 0 Å². The first-order valence-corrected chi connectivity index (χ1v) is 6.90. The van der Waals surface area contributed by atoms with E-state index in [9.17, 15) is 4.79 Å². The lowest BCUT2D eigenvalue weighted by Gasteiger charge is -2.38. The number of likely N-dealkylation sites (tertiary alicyclic amines) is 1. The summed E-state index contributed by atoms with van der Waals surface area (Å²) >= 11 is 0. The molecule has 0 N–H and O–H groups in total. The first kappa shape index (κ1) is 12.8. The van der Waals surface area contributed by atoms with Crippen LogP contribution in [0, 0.1) is 5.92 Å². The lowest BCUT2D eigenvalue weighted by atomic mass is 9.96. The van der Waals surface area contributed by atoms with Crippen molar-refractivity contribution in [3.8, 4) is 0 Å². The van der Waals surface area contributed by atoms with Gasteiger partial charge in [0.1, 0.15) is 0 Å². The van der Waals surface area contributed by atoms with Crippen molar-refractivity contribution in [1.82, 2.24) is 14.7 Å². The van der Waals surface area contributed by atoms with Crippen molar-refractivity contribution in [3.63, 3.8) is 0 Å². The molecule has 0 aromatic carbocycles. The molecular formula is C13H25N3O. The normalized spacial score (nSPS) is 28.4. The lowest BCUT2D eigenvalue weighted by Crippen LogP contribution is -2.52. The van der Waals surface area contributed by atoms with Crippen LogP contribution in [0.15, 0.2) is 0 Å². The molecule has 0 aliphatic carbocycles. The van der Waals surface area contributed by atoms with E-state index in [1.807, 2.05) is 0 Å². The summed E-state index contributed by atoms with van der Waals surface area (Å²) in [6, 6.07) is 0. The van der Waals surface area contributed by atoms with Gasteiger partial charge < -0.3 is 14.7 Å². The molecule has 1 unspecified atom stereocenters. The van der Waals surface area contributed by atoms with Crippen LogP contribution in [0.1, 0.15) is 19.8 Å². The maximum Gasteiger partial charge on any atom is 0.227 e. The van der Waals surface area contributed by atoms with Gasteiger partial charge in [0.15, 0.2) is 0 Å². The lowest BCUT2D eigenvalue weighted by molar-refractivity contribution is -0.138. The van der Waals surface area contributed by atoms with E-state index in [2.05, 4.69) is 28.7 Å². The summed E-state index contributed by atoms with van der Waals surface area (Å²) < 4.78 is 0. The van der Waals surface area contributed by atoms with E-state index in [0.29, 0.717) is 5.91 Å². The van der Waals surface area contributed by atoms with Gasteiger partial charge in [0, 0.05) is 32.7 Å². The second kappa shape index (κ2) is 5.83. The number of carbonyl (C=O) groups is 1. The van der Waals surface area contributed by atoms with E-state index in [-0.39, 0.29) is 5.92 Å². The van der Waals surface area contributed by atoms with Crippen LogP contribution in [-0.2, 0) is 4.79 Å². The SMILES string of the molecule is CCN1CCN(C(=O)C2CCCN(C)C2)CC1. The van der Waals surface area contributed by atoms with Crippen molar-refractivity contribution in [1.29, 1.82) is 0 Å². The standard InChI is InChI=1S/C13H25N3O/c1-3-15-7-9-16(10-8-15)13(17)12-5-4-6-14(2)11-12/h12H,3-11H2,1-2H3. The number of rotatable bonds is 2. The highest BCUT2D eigenvalue weighted by Crippen LogP contribution is 2.18. The number of likely N-dealkylation sites (N-methyl/N-ethyl adjacent to an activating group) is 1. The second-order valence-electron chi connectivity index (χ2n) is 5.36. The monoisotopic (exact) mass is 239 g/mol. The molecule has 0 spiro atoms. The van der Waals surface area contributed by atoms with Crippen LogP contribution in [0.25, 0.3) is 0 Å². The first-order chi connectivity index (χ1) is 8.20. The topological polar surface area (TPSA) is 26.8 Å². The molecule has 2 fully saturated rings. The maximum absolute atomic E-state index is 12.4. The summed E-state index contributed by atoms with van der Waals surface area (Å²) in [7, 11) is 2.12. The van der Waals surface area contributed by atoms with Crippen LogP contribution in [0.4, 0.5) is 0 Å². The second-order valence-corrected chi connectivity index (χ2v) is 5.36. The number of piperidine rings is 1. The van der Waals surface area contributed by atoms with Gasteiger partial charge in [0.25, 0.3) is 0 Å². The highest BCUT2D eigenvalue weighted by molar-refractivity contribution is 5.79. The van der Waals surface area contributed by atoms with E-state index in [0.717, 1.165) is 52.2 Å². The molecule has 2 rings (SSSR count). The molecule has 98 valence electrons. The van der Waals surface area contributed by atoms with Crippen LogP contribution < -0.4 is 0 Å². The van der Waals surface area contributed by atoms with Gasteiger partial charge >= 0.3 is 0 Å². The van der Waals surface area contributed by atoms with E-state index in [4.69, 9.17) is 0 Å². The van der Waals surface area contributed by atoms with Crippen LogP contribution in [0.5, 0.6) is 0 Å². The highest BCUT2D eigenvalue weighted by atomic mass is 16.2. The van der Waals surface area contributed by atoms with Crippen molar-refractivity contribution >= 4 is 5.91 Å². The Labute approximate surface area is 105 Å². The predicted octanol–water partition coefficient (Wildman–Crippen LogP) is 0.492. The van der Waals surface area contributed by atoms with E-state index < -0.39 is 0 Å². The van der Waals surface area contributed by atoms with E-state index in [1.54, 1.807) is 0 Å². The zero-order valence-electron chi connectivity index (χ0n) is 11.2. The van der Waals surface area contributed by atoms with E-state index >= 15 is 0 Å². The predicted molar refractivity (Wildman–Crippen MR) is 68.9 cm³/mol. The van der Waals surface area contributed by atoms with Crippen molar-refractivity contribution in [2.24, 2.45) is 5.92 Å². The third-order valence-corrected chi connectivity index (χ3v) is 4.10. The number of piperazine rings is 1. The number of hydrogen-bond acceptors (Lipinski definition) is 3. The average molecular weight is 239 g/mol. The first-order valence-electron chi connectivity index (χ1n) is 6.90. The van der Waals surface area contributed by atoms with Gasteiger partial charge in [0.2, 0.25) is 5.91 Å². The number of carbonyl (C=O) groups excluding carboxylic acids is 1. The van der Waals surface area contributed by atoms with Crippen LogP contribution in [-0.4, -0.2) is 73.5 Å². The van der Waals surface area contributed by atoms with Crippen LogP contribution in [0.2, 0.25) is 0 Å². The summed E-state index contributed by atoms with van der Waals surface area (Å²) in [5.41, 5.74) is 0. The Morgan fingerprint density at radius 3 is 2.47 bits per heavy atom. The van der Waals surface area contributed by atoms with Gasteiger partial charge in [-0.05, 0) is 33.0 Å². The summed E-state index contributed by atoms with van der Waals surface area (Å²) in [4.78, 5) is 19.2. The summed E-state index contributed by atoms with van der Waals surface area (Å²) in [6.45, 7) is 9.33. The maximum atomic E-state index is 12.4. The molecule has 1 amide bonds. The molecule has 0 aromatic rings. The quantitative estimate of drug-likeness (QED) is 0.702. The summed E-state index contributed by atoms with van der Waals surface area (Å²) in [6.07, 6.45) is 2.25. The number of hydrogen-bond donors (Lipinski definition) is 0. The van der Waals surface area contributed by atoms with E-state index in [1.165, 1.54) is 6.42 Å². The molecule has 4 heteroatoms. The van der Waals surface area contributed by atoms with Gasteiger partial charge in [0.05, 0.1) is 5.92 Å². The molecule has 2 aliphatic rings. The molecule has 2 heterocycles. The zero-order valence-corrected chi connectivity index (χ0v) is 11.2. The molecule has 1 atom stereocenters. The Bertz CT molecular complexity index is 261. The van der Waals surface area contributed by atoms with Crippen molar-refractivity contribution in [2.45, 2.75) is 19.8 Å². The molecule has 17 heavy (non-hydrogen) atoms. The molecular weight excluding hydrogens is 214 g/mol. The largest absolute Gasteiger partial charge is 0.340 e. The van der Waals surface area contributed by atoms with Gasteiger partial charge in [-0.1, -0.05) is 6.92 Å². The fourth-order valence-electron chi connectivity index (χ4n) is 2.91. The summed E-state index contributed by atoms with van der Waals surface area (Å²) in [5.74, 6) is 0.647. The number of amides is 1.